The summed E-state index contributed by atoms with van der Waals surface area (Å²) in [4.78, 5) is 25.4. The van der Waals surface area contributed by atoms with Crippen molar-refractivity contribution in [2.24, 2.45) is 13.0 Å². The zero-order chi connectivity index (χ0) is 16.6. The average Bonchev–Trinajstić information content (AvgIpc) is 3.18. The number of hydrogen-bond donors (Lipinski definition) is 2. The van der Waals surface area contributed by atoms with E-state index in [0.29, 0.717) is 11.6 Å². The van der Waals surface area contributed by atoms with Crippen molar-refractivity contribution < 1.29 is 14.7 Å². The Morgan fingerprint density at radius 2 is 2.04 bits per heavy atom. The highest BCUT2D eigenvalue weighted by atomic mass is 16.4. The Morgan fingerprint density at radius 1 is 1.35 bits per heavy atom. The number of hydrogen-bond acceptors (Lipinski definition) is 3. The number of amides is 1. The molecule has 6 nitrogen and oxygen atoms in total. The van der Waals surface area contributed by atoms with Crippen LogP contribution in [0.4, 0.5) is 0 Å². The summed E-state index contributed by atoms with van der Waals surface area (Å²) < 4.78 is 1.88. The number of rotatable bonds is 7. The molecule has 2 saturated carbocycles. The quantitative estimate of drug-likeness (QED) is 0.796. The molecular weight excluding hydrogens is 294 g/mol. The Balaban J connectivity index is 1.50. The van der Waals surface area contributed by atoms with Gasteiger partial charge >= 0.3 is 5.97 Å². The van der Waals surface area contributed by atoms with Crippen LogP contribution in [0.2, 0.25) is 0 Å². The van der Waals surface area contributed by atoms with Crippen LogP contribution in [0.1, 0.15) is 41.9 Å². The van der Waals surface area contributed by atoms with Gasteiger partial charge in [-0.3, -0.25) is 14.5 Å². The fourth-order valence-corrected chi connectivity index (χ4v) is 3.25. The molecular formula is C17H25N3O3. The molecule has 2 fully saturated rings. The van der Waals surface area contributed by atoms with E-state index in [1.54, 1.807) is 0 Å². The zero-order valence-corrected chi connectivity index (χ0v) is 13.8. The molecule has 6 heteroatoms. The maximum atomic E-state index is 12.3. The van der Waals surface area contributed by atoms with E-state index in [0.717, 1.165) is 25.1 Å². The smallest absolute Gasteiger partial charge is 0.317 e. The van der Waals surface area contributed by atoms with Crippen molar-refractivity contribution in [3.05, 3.63) is 23.5 Å². The molecule has 126 valence electrons. The van der Waals surface area contributed by atoms with Gasteiger partial charge in [0.15, 0.2) is 0 Å². The van der Waals surface area contributed by atoms with Crippen LogP contribution in [-0.2, 0) is 11.8 Å². The summed E-state index contributed by atoms with van der Waals surface area (Å²) in [6, 6.07) is 4.21. The van der Waals surface area contributed by atoms with Crippen molar-refractivity contribution in [3.63, 3.8) is 0 Å². The van der Waals surface area contributed by atoms with E-state index in [-0.39, 0.29) is 24.5 Å². The third-order valence-corrected chi connectivity index (χ3v) is 5.10. The Bertz CT molecular complexity index is 600. The summed E-state index contributed by atoms with van der Waals surface area (Å²) in [6.45, 7) is 2.96. The molecule has 1 aromatic heterocycles. The molecule has 0 aromatic carbocycles. The van der Waals surface area contributed by atoms with E-state index < -0.39 is 5.97 Å². The minimum atomic E-state index is -0.766. The van der Waals surface area contributed by atoms with Gasteiger partial charge in [-0.1, -0.05) is 0 Å². The minimum absolute atomic E-state index is 0.0453. The second kappa shape index (κ2) is 6.35. The van der Waals surface area contributed by atoms with E-state index >= 15 is 0 Å². The molecule has 0 radical (unpaired) electrons. The Hall–Kier alpha value is -1.82. The number of carboxylic acids is 1. The first kappa shape index (κ1) is 16.1. The van der Waals surface area contributed by atoms with Crippen molar-refractivity contribution in [1.82, 2.24) is 14.8 Å². The number of aliphatic carboxylic acids is 1. The normalized spacial score (nSPS) is 23.6. The average molecular weight is 319 g/mol. The summed E-state index contributed by atoms with van der Waals surface area (Å²) in [7, 11) is 1.89. The molecule has 0 saturated heterocycles. The number of carboxylic acid groups (broad SMARTS) is 1. The van der Waals surface area contributed by atoms with E-state index in [1.807, 2.05) is 30.7 Å². The van der Waals surface area contributed by atoms with Crippen LogP contribution in [-0.4, -0.2) is 51.6 Å². The van der Waals surface area contributed by atoms with Crippen LogP contribution in [0.3, 0.4) is 0 Å². The zero-order valence-electron chi connectivity index (χ0n) is 13.8. The van der Waals surface area contributed by atoms with Crippen LogP contribution >= 0.6 is 0 Å². The topological polar surface area (TPSA) is 74.6 Å². The van der Waals surface area contributed by atoms with Crippen molar-refractivity contribution >= 4 is 11.9 Å². The van der Waals surface area contributed by atoms with Crippen LogP contribution in [0.5, 0.6) is 0 Å². The molecule has 2 aliphatic carbocycles. The van der Waals surface area contributed by atoms with Crippen LogP contribution in [0.15, 0.2) is 12.1 Å². The third-order valence-electron chi connectivity index (χ3n) is 5.10. The molecule has 2 N–H and O–H groups in total. The molecule has 0 bridgehead atoms. The molecule has 0 atom stereocenters. The molecule has 3 rings (SSSR count). The summed E-state index contributed by atoms with van der Waals surface area (Å²) in [5, 5.41) is 12.1. The van der Waals surface area contributed by atoms with E-state index in [4.69, 9.17) is 5.11 Å². The van der Waals surface area contributed by atoms with Gasteiger partial charge in [-0.15, -0.1) is 0 Å². The molecule has 0 unspecified atom stereocenters. The lowest BCUT2D eigenvalue weighted by Gasteiger charge is -2.42. The molecule has 0 aliphatic heterocycles. The van der Waals surface area contributed by atoms with Gasteiger partial charge in [0.25, 0.3) is 5.91 Å². The molecule has 0 spiro atoms. The van der Waals surface area contributed by atoms with Crippen molar-refractivity contribution in [1.29, 1.82) is 0 Å². The van der Waals surface area contributed by atoms with Crippen molar-refractivity contribution in [3.8, 4) is 0 Å². The fraction of sp³-hybridized carbons (Fsp3) is 0.647. The third kappa shape index (κ3) is 3.75. The molecule has 1 amide bonds. The van der Waals surface area contributed by atoms with Gasteiger partial charge in [-0.2, -0.15) is 0 Å². The van der Waals surface area contributed by atoms with Gasteiger partial charge in [0.1, 0.15) is 5.69 Å². The van der Waals surface area contributed by atoms with Crippen molar-refractivity contribution in [2.75, 3.05) is 13.1 Å². The number of nitrogens with zero attached hydrogens (tertiary/aromatic N) is 2. The Labute approximate surface area is 136 Å². The number of carbonyl (C=O) groups excluding carboxylic acids is 1. The summed E-state index contributed by atoms with van der Waals surface area (Å²) >= 11 is 0. The highest BCUT2D eigenvalue weighted by Gasteiger charge is 2.37. The maximum Gasteiger partial charge on any atom is 0.317 e. The van der Waals surface area contributed by atoms with Gasteiger partial charge in [-0.25, -0.2) is 0 Å². The summed E-state index contributed by atoms with van der Waals surface area (Å²) in [6.07, 6.45) is 4.12. The Kier molecular flexibility index (Phi) is 4.43. The lowest BCUT2D eigenvalue weighted by Crippen LogP contribution is -2.55. The van der Waals surface area contributed by atoms with Gasteiger partial charge in [0, 0.05) is 31.4 Å². The maximum absolute atomic E-state index is 12.3. The largest absolute Gasteiger partial charge is 0.480 e. The predicted molar refractivity (Wildman–Crippen MR) is 86.4 cm³/mol. The van der Waals surface area contributed by atoms with Crippen molar-refractivity contribution in [2.45, 2.75) is 44.7 Å². The summed E-state index contributed by atoms with van der Waals surface area (Å²) in [5.41, 5.74) is 1.73. The van der Waals surface area contributed by atoms with Crippen LogP contribution < -0.4 is 5.32 Å². The first-order chi connectivity index (χ1) is 10.9. The van der Waals surface area contributed by atoms with Gasteiger partial charge in [0.05, 0.1) is 6.54 Å². The van der Waals surface area contributed by atoms with Crippen LogP contribution in [0, 0.1) is 12.8 Å². The number of aromatic nitrogens is 1. The van der Waals surface area contributed by atoms with Gasteiger partial charge in [0.2, 0.25) is 0 Å². The number of nitrogens with one attached hydrogen (secondary N) is 1. The van der Waals surface area contributed by atoms with Crippen LogP contribution in [0.25, 0.3) is 0 Å². The Morgan fingerprint density at radius 3 is 2.57 bits per heavy atom. The predicted octanol–water partition coefficient (Wildman–Crippen LogP) is 1.39. The fourth-order valence-electron chi connectivity index (χ4n) is 3.25. The molecule has 23 heavy (non-hydrogen) atoms. The first-order valence-electron chi connectivity index (χ1n) is 8.33. The minimum Gasteiger partial charge on any atom is -0.480 e. The number of aryl methyl sites for hydroxylation is 1. The lowest BCUT2D eigenvalue weighted by molar-refractivity contribution is -0.139. The van der Waals surface area contributed by atoms with E-state index in [9.17, 15) is 9.59 Å². The lowest BCUT2D eigenvalue weighted by atomic mass is 9.85. The molecule has 1 aromatic rings. The highest BCUT2D eigenvalue weighted by molar-refractivity contribution is 5.93. The first-order valence-corrected chi connectivity index (χ1v) is 8.33. The SMILES string of the molecule is Cc1ccc(C(=O)NC2CC(N(CC(=O)O)CC3CC3)C2)n1C. The van der Waals surface area contributed by atoms with E-state index in [2.05, 4.69) is 10.2 Å². The molecule has 2 aliphatic rings. The second-order valence-electron chi connectivity index (χ2n) is 6.98. The highest BCUT2D eigenvalue weighted by Crippen LogP contribution is 2.33. The molecule has 1 heterocycles. The van der Waals surface area contributed by atoms with E-state index in [1.165, 1.54) is 12.8 Å². The monoisotopic (exact) mass is 319 g/mol. The summed E-state index contributed by atoms with van der Waals surface area (Å²) in [5.74, 6) is -0.136. The second-order valence-corrected chi connectivity index (χ2v) is 6.98. The van der Waals surface area contributed by atoms with Gasteiger partial charge in [-0.05, 0) is 50.7 Å². The standard InChI is InChI=1S/C17H25N3O3/c1-11-3-6-15(19(11)2)17(23)18-13-7-14(8-13)20(10-16(21)22)9-12-4-5-12/h3,6,12-14H,4-5,7-10H2,1-2H3,(H,18,23)(H,21,22). The van der Waals surface area contributed by atoms with Gasteiger partial charge < -0.3 is 15.0 Å². The number of carbonyl (C=O) groups is 2.